The van der Waals surface area contributed by atoms with E-state index in [-0.39, 0.29) is 17.1 Å². The average molecular weight is 310 g/mol. The first kappa shape index (κ1) is 17.1. The predicted octanol–water partition coefficient (Wildman–Crippen LogP) is -0.443. The van der Waals surface area contributed by atoms with E-state index in [2.05, 4.69) is 0 Å². The van der Waals surface area contributed by atoms with Gasteiger partial charge in [0.1, 0.15) is 11.6 Å². The lowest BCUT2D eigenvalue weighted by atomic mass is 9.96. The molecule has 0 spiro atoms. The maximum absolute atomic E-state index is 11.7. The molecule has 0 heterocycles. The molecule has 6 N–H and O–H groups in total. The highest BCUT2D eigenvalue weighted by atomic mass is 16.5. The van der Waals surface area contributed by atoms with Crippen LogP contribution in [0.2, 0.25) is 0 Å². The molecular weight excluding hydrogens is 296 g/mol. The van der Waals surface area contributed by atoms with Gasteiger partial charge in [-0.25, -0.2) is 4.79 Å². The second kappa shape index (κ2) is 6.68. The van der Waals surface area contributed by atoms with E-state index >= 15 is 0 Å². The number of amidine groups is 1. The molecule has 118 valence electrons. The minimum atomic E-state index is -2.78. The second-order valence-electron chi connectivity index (χ2n) is 4.47. The highest BCUT2D eigenvalue weighted by molar-refractivity contribution is 5.98. The topological polar surface area (TPSA) is 171 Å². The number of hydrogen-bond donors (Lipinski definition) is 5. The molecular formula is C13H14N2O7. The first-order valence-corrected chi connectivity index (χ1v) is 5.97. The second-order valence-corrected chi connectivity index (χ2v) is 4.47. The first-order valence-electron chi connectivity index (χ1n) is 5.97. The minimum absolute atomic E-state index is 0.0944. The Labute approximate surface area is 124 Å². The van der Waals surface area contributed by atoms with Crippen LogP contribution in [0.3, 0.4) is 0 Å². The van der Waals surface area contributed by atoms with Gasteiger partial charge >= 0.3 is 17.9 Å². The van der Waals surface area contributed by atoms with Crippen molar-refractivity contribution in [2.45, 2.75) is 18.4 Å². The summed E-state index contributed by atoms with van der Waals surface area (Å²) in [5, 5.41) is 34.5. The van der Waals surface area contributed by atoms with E-state index in [0.717, 1.165) is 0 Å². The van der Waals surface area contributed by atoms with E-state index in [1.807, 2.05) is 0 Å². The third-order valence-corrected chi connectivity index (χ3v) is 2.68. The first-order chi connectivity index (χ1) is 10.2. The van der Waals surface area contributed by atoms with Gasteiger partial charge in [-0.3, -0.25) is 15.0 Å². The maximum Gasteiger partial charge on any atom is 0.336 e. The monoisotopic (exact) mass is 310 g/mol. The molecule has 0 aliphatic rings. The molecule has 0 amide bonds. The molecule has 0 bridgehead atoms. The molecule has 0 aliphatic heterocycles. The molecule has 0 saturated carbocycles. The lowest BCUT2D eigenvalue weighted by molar-refractivity contribution is -0.169. The number of carboxylic acid groups (broad SMARTS) is 2. The fourth-order valence-electron chi connectivity index (χ4n) is 1.64. The zero-order valence-electron chi connectivity index (χ0n) is 11.3. The summed E-state index contributed by atoms with van der Waals surface area (Å²) in [5.41, 5.74) is 2.62. The molecule has 1 aromatic carbocycles. The molecule has 0 aromatic heterocycles. The van der Waals surface area contributed by atoms with Crippen molar-refractivity contribution in [2.75, 3.05) is 0 Å². The van der Waals surface area contributed by atoms with Crippen LogP contribution < -0.4 is 10.5 Å². The number of aliphatic carboxylic acids is 2. The van der Waals surface area contributed by atoms with Crippen LogP contribution in [0, 0.1) is 5.41 Å². The molecule has 1 atom stereocenters. The van der Waals surface area contributed by atoms with Gasteiger partial charge in [-0.15, -0.1) is 0 Å². The van der Waals surface area contributed by atoms with Gasteiger partial charge in [0.15, 0.2) is 5.60 Å². The number of carbonyl (C=O) groups is 3. The van der Waals surface area contributed by atoms with Gasteiger partial charge in [-0.2, -0.15) is 0 Å². The summed E-state index contributed by atoms with van der Waals surface area (Å²) in [4.78, 5) is 33.3. The molecule has 0 fully saturated rings. The molecule has 9 nitrogen and oxygen atoms in total. The highest BCUT2D eigenvalue weighted by Gasteiger charge is 2.41. The number of esters is 1. The van der Waals surface area contributed by atoms with Crippen molar-refractivity contribution in [1.82, 2.24) is 0 Å². The summed E-state index contributed by atoms with van der Waals surface area (Å²) >= 11 is 0. The number of aliphatic hydroxyl groups is 1. The Kier molecular flexibility index (Phi) is 5.19. The van der Waals surface area contributed by atoms with E-state index in [4.69, 9.17) is 26.1 Å². The van der Waals surface area contributed by atoms with Gasteiger partial charge in [0.25, 0.3) is 0 Å². The number of benzene rings is 1. The molecule has 0 radical (unpaired) electrons. The van der Waals surface area contributed by atoms with Crippen molar-refractivity contribution in [2.24, 2.45) is 5.73 Å². The molecule has 22 heavy (non-hydrogen) atoms. The Morgan fingerprint density at radius 1 is 1.18 bits per heavy atom. The third-order valence-electron chi connectivity index (χ3n) is 2.68. The van der Waals surface area contributed by atoms with Crippen molar-refractivity contribution < 1.29 is 34.4 Å². The number of hydrogen-bond acceptors (Lipinski definition) is 6. The van der Waals surface area contributed by atoms with Crippen LogP contribution in [0.25, 0.3) is 0 Å². The van der Waals surface area contributed by atoms with E-state index in [1.165, 1.54) is 18.2 Å². The summed E-state index contributed by atoms with van der Waals surface area (Å²) in [5.74, 6) is -5.07. The van der Waals surface area contributed by atoms with Crippen LogP contribution in [-0.4, -0.2) is 44.7 Å². The van der Waals surface area contributed by atoms with E-state index in [1.54, 1.807) is 6.07 Å². The molecule has 9 heteroatoms. The highest BCUT2D eigenvalue weighted by Crippen LogP contribution is 2.21. The standard InChI is InChI=1S/C13H14N2O7/c14-11(15)7-3-1-2-4-8(7)22-10(18)6-13(21,12(19)20)5-9(16)17/h1-4,21H,5-6H2,(H3,14,15)(H,16,17)(H,19,20). The van der Waals surface area contributed by atoms with Crippen molar-refractivity contribution in [3.8, 4) is 5.75 Å². The number of nitrogens with two attached hydrogens (primary N) is 1. The lowest BCUT2D eigenvalue weighted by Crippen LogP contribution is -2.43. The Hall–Kier alpha value is -2.94. The van der Waals surface area contributed by atoms with Crippen molar-refractivity contribution >= 4 is 23.7 Å². The summed E-state index contributed by atoms with van der Waals surface area (Å²) < 4.78 is 4.86. The Bertz CT molecular complexity index is 629. The fraction of sp³-hybridized carbons (Fsp3) is 0.231. The largest absolute Gasteiger partial charge is 0.481 e. The van der Waals surface area contributed by atoms with Gasteiger partial charge in [-0.05, 0) is 12.1 Å². The number of nitrogens with one attached hydrogen (secondary N) is 1. The zero-order valence-corrected chi connectivity index (χ0v) is 11.3. The molecule has 1 rings (SSSR count). The zero-order chi connectivity index (χ0) is 16.9. The maximum atomic E-state index is 11.7. The fourth-order valence-corrected chi connectivity index (χ4v) is 1.64. The van der Waals surface area contributed by atoms with Crippen LogP contribution in [0.5, 0.6) is 5.75 Å². The van der Waals surface area contributed by atoms with Crippen molar-refractivity contribution in [3.63, 3.8) is 0 Å². The Balaban J connectivity index is 2.92. The molecule has 0 saturated heterocycles. The van der Waals surface area contributed by atoms with E-state index in [0.29, 0.717) is 0 Å². The summed E-state index contributed by atoms with van der Waals surface area (Å²) in [6, 6.07) is 5.78. The number of ether oxygens (including phenoxy) is 1. The van der Waals surface area contributed by atoms with Gasteiger partial charge in [-0.1, -0.05) is 12.1 Å². The molecule has 1 aromatic rings. The van der Waals surface area contributed by atoms with Crippen LogP contribution in [0.4, 0.5) is 0 Å². The number of nitrogen functional groups attached to an aromatic ring is 1. The van der Waals surface area contributed by atoms with Crippen molar-refractivity contribution in [3.05, 3.63) is 29.8 Å². The number of carboxylic acids is 2. The Morgan fingerprint density at radius 2 is 1.77 bits per heavy atom. The van der Waals surface area contributed by atoms with Gasteiger partial charge < -0.3 is 25.8 Å². The molecule has 0 aliphatic carbocycles. The number of rotatable bonds is 7. The summed E-state index contributed by atoms with van der Waals surface area (Å²) in [6.45, 7) is 0. The van der Waals surface area contributed by atoms with Gasteiger partial charge in [0, 0.05) is 0 Å². The van der Waals surface area contributed by atoms with Crippen LogP contribution in [-0.2, 0) is 14.4 Å². The lowest BCUT2D eigenvalue weighted by Gasteiger charge is -2.20. The van der Waals surface area contributed by atoms with Gasteiger partial charge in [0.2, 0.25) is 0 Å². The van der Waals surface area contributed by atoms with Gasteiger partial charge in [0.05, 0.1) is 18.4 Å². The van der Waals surface area contributed by atoms with E-state index in [9.17, 15) is 19.5 Å². The van der Waals surface area contributed by atoms with Crippen LogP contribution in [0.15, 0.2) is 24.3 Å². The van der Waals surface area contributed by atoms with Crippen LogP contribution in [0.1, 0.15) is 18.4 Å². The third kappa shape index (κ3) is 4.28. The summed E-state index contributed by atoms with van der Waals surface area (Å²) in [6.07, 6.45) is -2.23. The van der Waals surface area contributed by atoms with Crippen LogP contribution >= 0.6 is 0 Å². The number of carbonyl (C=O) groups excluding carboxylic acids is 1. The normalized spacial score (nSPS) is 13.0. The minimum Gasteiger partial charge on any atom is -0.481 e. The Morgan fingerprint density at radius 3 is 2.27 bits per heavy atom. The SMILES string of the molecule is N=C(N)c1ccccc1OC(=O)CC(O)(CC(=O)O)C(=O)O. The van der Waals surface area contributed by atoms with Crippen molar-refractivity contribution in [1.29, 1.82) is 5.41 Å². The average Bonchev–Trinajstić information content (AvgIpc) is 2.37. The number of para-hydroxylation sites is 1. The molecule has 1 unspecified atom stereocenters. The smallest absolute Gasteiger partial charge is 0.336 e. The van der Waals surface area contributed by atoms with E-state index < -0.39 is 36.4 Å². The quantitative estimate of drug-likeness (QED) is 0.195. The predicted molar refractivity (Wildman–Crippen MR) is 72.5 cm³/mol. The summed E-state index contributed by atoms with van der Waals surface area (Å²) in [7, 11) is 0.